The third-order valence-corrected chi connectivity index (χ3v) is 5.14. The number of hydrogen-bond acceptors (Lipinski definition) is 3. The van der Waals surface area contributed by atoms with E-state index < -0.39 is 10.0 Å². The van der Waals surface area contributed by atoms with Crippen LogP contribution in [0.3, 0.4) is 0 Å². The summed E-state index contributed by atoms with van der Waals surface area (Å²) in [5.74, 6) is 0.805. The molecule has 3 N–H and O–H groups in total. The fourth-order valence-corrected chi connectivity index (χ4v) is 3.23. The van der Waals surface area contributed by atoms with E-state index in [1.807, 2.05) is 31.2 Å². The molecule has 24 heavy (non-hydrogen) atoms. The maximum absolute atomic E-state index is 11.6. The Balaban J connectivity index is 1.95. The Labute approximate surface area is 144 Å². The normalized spacial score (nSPS) is 15.7. The van der Waals surface area contributed by atoms with Gasteiger partial charge in [0.2, 0.25) is 10.0 Å². The zero-order valence-electron chi connectivity index (χ0n) is 14.2. The Morgan fingerprint density at radius 2 is 1.79 bits per heavy atom. The van der Waals surface area contributed by atoms with E-state index in [1.165, 1.54) is 7.05 Å². The molecule has 6 nitrogen and oxygen atoms in total. The Kier molecular flexibility index (Phi) is 6.81. The number of benzene rings is 1. The topological polar surface area (TPSA) is 82.6 Å². The Morgan fingerprint density at radius 3 is 2.38 bits per heavy atom. The van der Waals surface area contributed by atoms with Crippen LogP contribution in [0.5, 0.6) is 0 Å². The highest BCUT2D eigenvalue weighted by Gasteiger charge is 2.11. The van der Waals surface area contributed by atoms with Gasteiger partial charge in [-0.2, -0.15) is 0 Å². The van der Waals surface area contributed by atoms with Crippen LogP contribution >= 0.6 is 0 Å². The number of guanidine groups is 1. The van der Waals surface area contributed by atoms with Gasteiger partial charge in [-0.25, -0.2) is 18.1 Å². The molecule has 0 bridgehead atoms. The minimum Gasteiger partial charge on any atom is -0.357 e. The van der Waals surface area contributed by atoms with Crippen molar-refractivity contribution in [3.8, 4) is 0 Å². The SMILES string of the molecule is CCNC(=NCc1ccc(CS(=O)(=O)NC)cc1)NC1CC=CC1. The molecule has 1 aromatic carbocycles. The maximum atomic E-state index is 11.6. The molecule has 7 heteroatoms. The molecule has 0 atom stereocenters. The second kappa shape index (κ2) is 8.84. The van der Waals surface area contributed by atoms with Gasteiger partial charge < -0.3 is 10.6 Å². The zero-order valence-corrected chi connectivity index (χ0v) is 15.1. The number of aliphatic imine (C=N–C) groups is 1. The molecule has 0 unspecified atom stereocenters. The van der Waals surface area contributed by atoms with Gasteiger partial charge in [0.1, 0.15) is 0 Å². The van der Waals surface area contributed by atoms with E-state index >= 15 is 0 Å². The Bertz CT molecular complexity index is 673. The molecule has 0 saturated heterocycles. The average Bonchev–Trinajstić information content (AvgIpc) is 3.07. The first kappa shape index (κ1) is 18.5. The van der Waals surface area contributed by atoms with Crippen molar-refractivity contribution in [1.82, 2.24) is 15.4 Å². The lowest BCUT2D eigenvalue weighted by Gasteiger charge is -2.16. The standard InChI is InChI=1S/C17H26N4O2S/c1-3-19-17(21-16-6-4-5-7-16)20-12-14-8-10-15(11-9-14)13-24(22,23)18-2/h4-5,8-11,16,18H,3,6-7,12-13H2,1-2H3,(H2,19,20,21). The third kappa shape index (κ3) is 5.98. The molecule has 0 saturated carbocycles. The minimum atomic E-state index is -3.24. The molecule has 1 aromatic rings. The minimum absolute atomic E-state index is 0.00801. The number of nitrogens with zero attached hydrogens (tertiary/aromatic N) is 1. The molecule has 0 heterocycles. The van der Waals surface area contributed by atoms with E-state index in [9.17, 15) is 8.42 Å². The Morgan fingerprint density at radius 1 is 1.17 bits per heavy atom. The summed E-state index contributed by atoms with van der Waals surface area (Å²) in [6, 6.07) is 7.93. The van der Waals surface area contributed by atoms with Gasteiger partial charge in [0.25, 0.3) is 0 Å². The van der Waals surface area contributed by atoms with Gasteiger partial charge >= 0.3 is 0 Å². The summed E-state index contributed by atoms with van der Waals surface area (Å²) in [7, 11) is -1.81. The second-order valence-electron chi connectivity index (χ2n) is 5.76. The van der Waals surface area contributed by atoms with Crippen LogP contribution in [0.4, 0.5) is 0 Å². The molecule has 0 fully saturated rings. The monoisotopic (exact) mass is 350 g/mol. The predicted molar refractivity (Wildman–Crippen MR) is 98.2 cm³/mol. The van der Waals surface area contributed by atoms with Gasteiger partial charge in [-0.1, -0.05) is 36.4 Å². The largest absolute Gasteiger partial charge is 0.357 e. The third-order valence-electron chi connectivity index (χ3n) is 3.80. The van der Waals surface area contributed by atoms with Gasteiger partial charge in [-0.3, -0.25) is 0 Å². The average molecular weight is 350 g/mol. The van der Waals surface area contributed by atoms with Crippen molar-refractivity contribution in [2.24, 2.45) is 4.99 Å². The van der Waals surface area contributed by atoms with Crippen LogP contribution in [0.1, 0.15) is 30.9 Å². The van der Waals surface area contributed by atoms with Crippen molar-refractivity contribution in [2.45, 2.75) is 38.1 Å². The van der Waals surface area contributed by atoms with Crippen molar-refractivity contribution < 1.29 is 8.42 Å². The van der Waals surface area contributed by atoms with Crippen LogP contribution in [0.2, 0.25) is 0 Å². The van der Waals surface area contributed by atoms with E-state index in [0.717, 1.165) is 36.5 Å². The highest BCUT2D eigenvalue weighted by molar-refractivity contribution is 7.88. The first-order valence-electron chi connectivity index (χ1n) is 8.21. The fourth-order valence-electron chi connectivity index (χ4n) is 2.45. The molecule has 0 spiro atoms. The van der Waals surface area contributed by atoms with E-state index in [-0.39, 0.29) is 5.75 Å². The number of rotatable bonds is 7. The lowest BCUT2D eigenvalue weighted by Crippen LogP contribution is -2.42. The van der Waals surface area contributed by atoms with Crippen molar-refractivity contribution in [2.75, 3.05) is 13.6 Å². The molecule has 0 aliphatic heterocycles. The molecule has 0 aromatic heterocycles. The summed E-state index contributed by atoms with van der Waals surface area (Å²) in [5.41, 5.74) is 1.81. The summed E-state index contributed by atoms with van der Waals surface area (Å²) in [6.07, 6.45) is 6.41. The lowest BCUT2D eigenvalue weighted by atomic mass is 10.1. The summed E-state index contributed by atoms with van der Waals surface area (Å²) >= 11 is 0. The zero-order chi connectivity index (χ0) is 17.4. The lowest BCUT2D eigenvalue weighted by molar-refractivity contribution is 0.587. The van der Waals surface area contributed by atoms with Crippen molar-refractivity contribution >= 4 is 16.0 Å². The van der Waals surface area contributed by atoms with Gasteiger partial charge in [0.15, 0.2) is 5.96 Å². The summed E-state index contributed by atoms with van der Waals surface area (Å²) in [6.45, 7) is 3.41. The van der Waals surface area contributed by atoms with Gasteiger partial charge in [0.05, 0.1) is 12.3 Å². The Hall–Kier alpha value is -1.86. The van der Waals surface area contributed by atoms with Crippen LogP contribution in [0.15, 0.2) is 41.4 Å². The number of nitrogens with one attached hydrogen (secondary N) is 3. The molecular weight excluding hydrogens is 324 g/mol. The first-order chi connectivity index (χ1) is 11.5. The predicted octanol–water partition coefficient (Wildman–Crippen LogP) is 1.51. The van der Waals surface area contributed by atoms with Crippen LogP contribution in [0, 0.1) is 0 Å². The van der Waals surface area contributed by atoms with Crippen molar-refractivity contribution in [3.63, 3.8) is 0 Å². The molecule has 0 radical (unpaired) electrons. The summed E-state index contributed by atoms with van der Waals surface area (Å²) in [4.78, 5) is 4.60. The summed E-state index contributed by atoms with van der Waals surface area (Å²) in [5, 5.41) is 6.68. The molecule has 0 amide bonds. The maximum Gasteiger partial charge on any atom is 0.215 e. The number of sulfonamides is 1. The highest BCUT2D eigenvalue weighted by Crippen LogP contribution is 2.10. The fraction of sp³-hybridized carbons (Fsp3) is 0.471. The first-order valence-corrected chi connectivity index (χ1v) is 9.86. The van der Waals surface area contributed by atoms with E-state index in [1.54, 1.807) is 0 Å². The molecule has 1 aliphatic carbocycles. The second-order valence-corrected chi connectivity index (χ2v) is 7.69. The van der Waals surface area contributed by atoms with Crippen molar-refractivity contribution in [1.29, 1.82) is 0 Å². The van der Waals surface area contributed by atoms with Crippen LogP contribution < -0.4 is 15.4 Å². The molecule has 132 valence electrons. The summed E-state index contributed by atoms with van der Waals surface area (Å²) < 4.78 is 25.4. The smallest absolute Gasteiger partial charge is 0.215 e. The highest BCUT2D eigenvalue weighted by atomic mass is 32.2. The molecular formula is C17H26N4O2S. The van der Waals surface area contributed by atoms with Gasteiger partial charge in [-0.15, -0.1) is 0 Å². The van der Waals surface area contributed by atoms with Gasteiger partial charge in [0, 0.05) is 12.6 Å². The molecule has 1 aliphatic rings. The number of hydrogen-bond donors (Lipinski definition) is 3. The van der Waals surface area contributed by atoms with E-state index in [2.05, 4.69) is 32.5 Å². The van der Waals surface area contributed by atoms with Crippen LogP contribution in [-0.4, -0.2) is 34.0 Å². The van der Waals surface area contributed by atoms with Gasteiger partial charge in [-0.05, 0) is 37.9 Å². The molecule has 2 rings (SSSR count). The van der Waals surface area contributed by atoms with Crippen LogP contribution in [-0.2, 0) is 22.3 Å². The quantitative estimate of drug-likeness (QED) is 0.395. The van der Waals surface area contributed by atoms with E-state index in [4.69, 9.17) is 0 Å². The van der Waals surface area contributed by atoms with E-state index in [0.29, 0.717) is 12.6 Å². The van der Waals surface area contributed by atoms with Crippen molar-refractivity contribution in [3.05, 3.63) is 47.5 Å². The van der Waals surface area contributed by atoms with Crippen LogP contribution in [0.25, 0.3) is 0 Å².